The van der Waals surface area contributed by atoms with E-state index in [1.807, 2.05) is 6.07 Å². The van der Waals surface area contributed by atoms with Crippen molar-refractivity contribution in [2.75, 3.05) is 13.7 Å². The van der Waals surface area contributed by atoms with E-state index < -0.39 is 17.7 Å². The molecule has 3 aromatic rings. The molecule has 0 amide bonds. The first-order chi connectivity index (χ1) is 16.4. The van der Waals surface area contributed by atoms with Gasteiger partial charge in [-0.1, -0.05) is 18.2 Å². The molecule has 0 spiro atoms. The number of benzene rings is 3. The second-order valence-corrected chi connectivity index (χ2v) is 8.64. The third-order valence-electron chi connectivity index (χ3n) is 6.56. The van der Waals surface area contributed by atoms with Crippen molar-refractivity contribution >= 4 is 5.97 Å². The number of fused-ring (bicyclic) bond motifs is 2. The van der Waals surface area contributed by atoms with Crippen LogP contribution < -0.4 is 9.47 Å². The van der Waals surface area contributed by atoms with Crippen molar-refractivity contribution < 1.29 is 32.2 Å². The molecule has 2 atom stereocenters. The first-order valence-electron chi connectivity index (χ1n) is 11.2. The van der Waals surface area contributed by atoms with Gasteiger partial charge in [0.05, 0.1) is 20.1 Å². The molecule has 1 aliphatic carbocycles. The second-order valence-electron chi connectivity index (χ2n) is 8.64. The van der Waals surface area contributed by atoms with Crippen molar-refractivity contribution in [1.29, 1.82) is 0 Å². The molecule has 2 aliphatic rings. The quantitative estimate of drug-likeness (QED) is 0.429. The Bertz CT molecular complexity index is 1260. The summed E-state index contributed by atoms with van der Waals surface area (Å²) in [6.07, 6.45) is 1.17. The van der Waals surface area contributed by atoms with Crippen LogP contribution in [0.5, 0.6) is 11.5 Å². The highest BCUT2D eigenvalue weighted by Gasteiger charge is 2.31. The molecule has 0 aromatic heterocycles. The van der Waals surface area contributed by atoms with Gasteiger partial charge < -0.3 is 14.2 Å². The van der Waals surface area contributed by atoms with Gasteiger partial charge >= 0.3 is 5.97 Å². The number of esters is 1. The first-order valence-corrected chi connectivity index (χ1v) is 11.2. The lowest BCUT2D eigenvalue weighted by Crippen LogP contribution is -2.09. The zero-order valence-electron chi connectivity index (χ0n) is 18.6. The molecule has 34 heavy (non-hydrogen) atoms. The number of rotatable bonds is 6. The van der Waals surface area contributed by atoms with Crippen LogP contribution in [0.15, 0.2) is 48.5 Å². The molecule has 0 saturated heterocycles. The summed E-state index contributed by atoms with van der Waals surface area (Å²) >= 11 is 0. The number of methoxy groups -OCH3 is 1. The SMILES string of the molecule is COC(=O)C[C@@H]1COc2cc(O[C@@H]3CCc4c(Cc5ccc(F)cc5F)ccc(F)c43)ccc21. The number of carbonyl (C=O) groups excluding carboxylic acids is 1. The van der Waals surface area contributed by atoms with Gasteiger partial charge in [0.25, 0.3) is 0 Å². The fourth-order valence-corrected chi connectivity index (χ4v) is 4.85. The predicted molar refractivity (Wildman–Crippen MR) is 119 cm³/mol. The average Bonchev–Trinajstić information content (AvgIpc) is 3.42. The summed E-state index contributed by atoms with van der Waals surface area (Å²) in [7, 11) is 1.36. The standard InChI is InChI=1S/C27H23F3O4/c1-32-26(31)11-17-14-33-25-13-19(5-6-20(17)25)34-24-9-7-21-15(3-8-22(29)27(21)24)10-16-2-4-18(28)12-23(16)30/h2-6,8,12-13,17,24H,7,9-11,14H2,1H3/t17-,24-/m1/s1. The largest absolute Gasteiger partial charge is 0.492 e. The number of carbonyl (C=O) groups is 1. The lowest BCUT2D eigenvalue weighted by Gasteiger charge is -2.17. The molecule has 3 aromatic carbocycles. The Morgan fingerprint density at radius 3 is 2.65 bits per heavy atom. The fourth-order valence-electron chi connectivity index (χ4n) is 4.85. The monoisotopic (exact) mass is 468 g/mol. The van der Waals surface area contributed by atoms with Crippen LogP contribution in [0.25, 0.3) is 0 Å². The van der Waals surface area contributed by atoms with Gasteiger partial charge in [-0.3, -0.25) is 4.79 Å². The number of halogens is 3. The number of hydrogen-bond acceptors (Lipinski definition) is 4. The maximum atomic E-state index is 14.8. The summed E-state index contributed by atoms with van der Waals surface area (Å²) in [4.78, 5) is 11.6. The van der Waals surface area contributed by atoms with E-state index >= 15 is 0 Å². The van der Waals surface area contributed by atoms with E-state index in [1.54, 1.807) is 18.2 Å². The summed E-state index contributed by atoms with van der Waals surface area (Å²) in [5.41, 5.74) is 3.36. The minimum atomic E-state index is -0.631. The molecule has 0 saturated carbocycles. The van der Waals surface area contributed by atoms with E-state index in [2.05, 4.69) is 0 Å². The van der Waals surface area contributed by atoms with E-state index in [0.717, 1.165) is 22.8 Å². The fraction of sp³-hybridized carbons (Fsp3) is 0.296. The third-order valence-corrected chi connectivity index (χ3v) is 6.56. The highest BCUT2D eigenvalue weighted by atomic mass is 19.1. The molecule has 0 N–H and O–H groups in total. The molecule has 0 unspecified atom stereocenters. The van der Waals surface area contributed by atoms with Crippen LogP contribution in [0.2, 0.25) is 0 Å². The van der Waals surface area contributed by atoms with Crippen molar-refractivity contribution in [3.05, 3.63) is 93.8 Å². The summed E-state index contributed by atoms with van der Waals surface area (Å²) in [5.74, 6) is -0.792. The topological polar surface area (TPSA) is 44.8 Å². The van der Waals surface area contributed by atoms with Crippen molar-refractivity contribution in [2.24, 2.45) is 0 Å². The van der Waals surface area contributed by atoms with E-state index in [-0.39, 0.29) is 30.5 Å². The zero-order chi connectivity index (χ0) is 23.8. The van der Waals surface area contributed by atoms with Crippen LogP contribution in [-0.2, 0) is 22.4 Å². The molecule has 5 rings (SSSR count). The lowest BCUT2D eigenvalue weighted by atomic mass is 9.96. The molecule has 1 heterocycles. The molecular weight excluding hydrogens is 445 g/mol. The Balaban J connectivity index is 1.36. The highest BCUT2D eigenvalue weighted by molar-refractivity contribution is 5.71. The average molecular weight is 468 g/mol. The van der Waals surface area contributed by atoms with Gasteiger partial charge in [-0.05, 0) is 47.7 Å². The molecule has 0 radical (unpaired) electrons. The zero-order valence-corrected chi connectivity index (χ0v) is 18.6. The van der Waals surface area contributed by atoms with Crippen LogP contribution in [-0.4, -0.2) is 19.7 Å². The molecule has 4 nitrogen and oxygen atoms in total. The first kappa shape index (κ1) is 22.3. The maximum absolute atomic E-state index is 14.8. The Hall–Kier alpha value is -3.48. The molecule has 1 aliphatic heterocycles. The van der Waals surface area contributed by atoms with Gasteiger partial charge in [-0.15, -0.1) is 0 Å². The summed E-state index contributed by atoms with van der Waals surface area (Å²) < 4.78 is 58.9. The van der Waals surface area contributed by atoms with E-state index in [9.17, 15) is 18.0 Å². The minimum Gasteiger partial charge on any atom is -0.492 e. The molecular formula is C27H23F3O4. The Kier molecular flexibility index (Phi) is 5.94. The molecule has 0 bridgehead atoms. The molecule has 176 valence electrons. The second kappa shape index (κ2) is 9.05. The van der Waals surface area contributed by atoms with Gasteiger partial charge in [-0.25, -0.2) is 13.2 Å². The van der Waals surface area contributed by atoms with Crippen LogP contribution in [0, 0.1) is 17.5 Å². The maximum Gasteiger partial charge on any atom is 0.306 e. The van der Waals surface area contributed by atoms with Crippen molar-refractivity contribution in [3.63, 3.8) is 0 Å². The van der Waals surface area contributed by atoms with Gasteiger partial charge in [0.2, 0.25) is 0 Å². The Morgan fingerprint density at radius 2 is 1.85 bits per heavy atom. The van der Waals surface area contributed by atoms with Gasteiger partial charge in [0, 0.05) is 35.6 Å². The van der Waals surface area contributed by atoms with Gasteiger partial charge in [0.1, 0.15) is 35.1 Å². The summed E-state index contributed by atoms with van der Waals surface area (Å²) in [5, 5.41) is 0. The van der Waals surface area contributed by atoms with Gasteiger partial charge in [0.15, 0.2) is 0 Å². The van der Waals surface area contributed by atoms with E-state index in [4.69, 9.17) is 14.2 Å². The minimum absolute atomic E-state index is 0.0735. The predicted octanol–water partition coefficient (Wildman–Crippen LogP) is 5.80. The lowest BCUT2D eigenvalue weighted by molar-refractivity contribution is -0.141. The van der Waals surface area contributed by atoms with Crippen LogP contribution in [0.3, 0.4) is 0 Å². The van der Waals surface area contributed by atoms with Crippen LogP contribution >= 0.6 is 0 Å². The van der Waals surface area contributed by atoms with Crippen molar-refractivity contribution in [1.82, 2.24) is 0 Å². The third kappa shape index (κ3) is 4.22. The Labute approximate surface area is 195 Å². The van der Waals surface area contributed by atoms with Crippen LogP contribution in [0.1, 0.15) is 52.7 Å². The highest BCUT2D eigenvalue weighted by Crippen LogP contribution is 2.42. The summed E-state index contributed by atoms with van der Waals surface area (Å²) in [6.45, 7) is 0.387. The number of ether oxygens (including phenoxy) is 3. The van der Waals surface area contributed by atoms with E-state index in [1.165, 1.54) is 25.3 Å². The molecule has 7 heteroatoms. The van der Waals surface area contributed by atoms with E-state index in [0.29, 0.717) is 42.1 Å². The van der Waals surface area contributed by atoms with Crippen molar-refractivity contribution in [3.8, 4) is 11.5 Å². The van der Waals surface area contributed by atoms with Crippen molar-refractivity contribution in [2.45, 2.75) is 37.7 Å². The molecule has 0 fully saturated rings. The smallest absolute Gasteiger partial charge is 0.306 e. The summed E-state index contributed by atoms with van der Waals surface area (Å²) in [6, 6.07) is 12.0. The van der Waals surface area contributed by atoms with Gasteiger partial charge in [-0.2, -0.15) is 0 Å². The van der Waals surface area contributed by atoms with Crippen LogP contribution in [0.4, 0.5) is 13.2 Å². The Morgan fingerprint density at radius 1 is 1.03 bits per heavy atom. The number of hydrogen-bond donors (Lipinski definition) is 0. The normalized spacial score (nSPS) is 18.2.